The molecular formula is C11H9N3O4. The molecule has 0 aliphatic carbocycles. The van der Waals surface area contributed by atoms with Crippen molar-refractivity contribution in [1.29, 1.82) is 0 Å². The highest BCUT2D eigenvalue weighted by molar-refractivity contribution is 5.37. The number of aromatic hydroxyl groups is 1. The first-order chi connectivity index (χ1) is 8.58. The third-order valence-electron chi connectivity index (χ3n) is 2.32. The molecule has 0 saturated carbocycles. The van der Waals surface area contributed by atoms with Gasteiger partial charge in [0.05, 0.1) is 4.92 Å². The number of aromatic amines is 1. The molecule has 0 amide bonds. The Morgan fingerprint density at radius 3 is 2.56 bits per heavy atom. The lowest BCUT2D eigenvalue weighted by atomic mass is 10.1. The summed E-state index contributed by atoms with van der Waals surface area (Å²) in [6.07, 6.45) is 0.279. The van der Waals surface area contributed by atoms with Gasteiger partial charge in [-0.05, 0) is 5.56 Å². The van der Waals surface area contributed by atoms with Crippen LogP contribution in [0.1, 0.15) is 11.4 Å². The quantitative estimate of drug-likeness (QED) is 0.620. The molecule has 7 heteroatoms. The Morgan fingerprint density at radius 1 is 1.33 bits per heavy atom. The summed E-state index contributed by atoms with van der Waals surface area (Å²) in [6.45, 7) is 0. The van der Waals surface area contributed by atoms with Crippen LogP contribution in [-0.4, -0.2) is 20.0 Å². The zero-order valence-corrected chi connectivity index (χ0v) is 9.16. The van der Waals surface area contributed by atoms with Gasteiger partial charge < -0.3 is 10.1 Å². The molecule has 7 nitrogen and oxygen atoms in total. The minimum absolute atomic E-state index is 0.175. The molecule has 1 heterocycles. The topological polar surface area (TPSA) is 109 Å². The van der Waals surface area contributed by atoms with Gasteiger partial charge in [-0.15, -0.1) is 0 Å². The number of H-pyrrole nitrogens is 1. The minimum Gasteiger partial charge on any atom is -0.488 e. The number of hydrogen-bond donors (Lipinski definition) is 2. The molecule has 0 atom stereocenters. The van der Waals surface area contributed by atoms with Gasteiger partial charge in [-0.1, -0.05) is 30.3 Å². The molecule has 1 aromatic heterocycles. The maximum atomic E-state index is 11.4. The van der Waals surface area contributed by atoms with E-state index in [-0.39, 0.29) is 12.2 Å². The molecule has 0 spiro atoms. The van der Waals surface area contributed by atoms with E-state index >= 15 is 0 Å². The van der Waals surface area contributed by atoms with Crippen molar-refractivity contribution in [3.05, 3.63) is 62.2 Å². The molecular weight excluding hydrogens is 238 g/mol. The van der Waals surface area contributed by atoms with Gasteiger partial charge in [0.1, 0.15) is 5.82 Å². The monoisotopic (exact) mass is 247 g/mol. The number of nitrogens with one attached hydrogen (secondary N) is 1. The Bertz CT molecular complexity index is 636. The summed E-state index contributed by atoms with van der Waals surface area (Å²) < 4.78 is 0. The lowest BCUT2D eigenvalue weighted by Crippen LogP contribution is -2.15. The van der Waals surface area contributed by atoms with Crippen molar-refractivity contribution in [2.45, 2.75) is 6.42 Å². The summed E-state index contributed by atoms with van der Waals surface area (Å²) in [5, 5.41) is 19.8. The molecule has 0 unspecified atom stereocenters. The van der Waals surface area contributed by atoms with E-state index in [1.807, 2.05) is 30.3 Å². The number of hydrogen-bond acceptors (Lipinski definition) is 5. The molecule has 0 radical (unpaired) electrons. The summed E-state index contributed by atoms with van der Waals surface area (Å²) in [5.74, 6) is -0.691. The normalized spacial score (nSPS) is 10.2. The van der Waals surface area contributed by atoms with Crippen LogP contribution in [0.3, 0.4) is 0 Å². The minimum atomic E-state index is -0.965. The molecule has 18 heavy (non-hydrogen) atoms. The van der Waals surface area contributed by atoms with E-state index < -0.39 is 22.0 Å². The van der Waals surface area contributed by atoms with Crippen LogP contribution in [0.5, 0.6) is 5.88 Å². The lowest BCUT2D eigenvalue weighted by molar-refractivity contribution is -0.387. The third-order valence-corrected chi connectivity index (χ3v) is 2.32. The van der Waals surface area contributed by atoms with Gasteiger partial charge in [-0.3, -0.25) is 14.9 Å². The molecule has 0 fully saturated rings. The van der Waals surface area contributed by atoms with Gasteiger partial charge in [0.15, 0.2) is 0 Å². The molecule has 92 valence electrons. The summed E-state index contributed by atoms with van der Waals surface area (Å²) in [6, 6.07) is 9.11. The van der Waals surface area contributed by atoms with Crippen LogP contribution < -0.4 is 5.56 Å². The van der Waals surface area contributed by atoms with Crippen LogP contribution in [0.15, 0.2) is 35.1 Å². The first kappa shape index (κ1) is 11.8. The highest BCUT2D eigenvalue weighted by Crippen LogP contribution is 2.17. The third kappa shape index (κ3) is 2.34. The van der Waals surface area contributed by atoms with Gasteiger partial charge in [0.25, 0.3) is 5.88 Å². The maximum absolute atomic E-state index is 11.4. The van der Waals surface area contributed by atoms with E-state index in [4.69, 9.17) is 0 Å². The SMILES string of the molecule is O=c1[nH]c(Cc2ccccc2)nc(O)c1[N+](=O)[O-]. The van der Waals surface area contributed by atoms with Crippen molar-refractivity contribution in [1.82, 2.24) is 9.97 Å². The zero-order chi connectivity index (χ0) is 13.1. The Morgan fingerprint density at radius 2 is 2.00 bits per heavy atom. The van der Waals surface area contributed by atoms with E-state index in [0.717, 1.165) is 5.56 Å². The van der Waals surface area contributed by atoms with Crippen molar-refractivity contribution in [2.75, 3.05) is 0 Å². The van der Waals surface area contributed by atoms with Gasteiger partial charge in [-0.2, -0.15) is 4.98 Å². The van der Waals surface area contributed by atoms with Crippen LogP contribution in [0, 0.1) is 10.1 Å². The van der Waals surface area contributed by atoms with Crippen LogP contribution in [-0.2, 0) is 6.42 Å². The highest BCUT2D eigenvalue weighted by atomic mass is 16.6. The first-order valence-electron chi connectivity index (χ1n) is 5.08. The Balaban J connectivity index is 2.38. The Hall–Kier alpha value is -2.70. The van der Waals surface area contributed by atoms with Crippen molar-refractivity contribution in [3.8, 4) is 5.88 Å². The average Bonchev–Trinajstić information content (AvgIpc) is 2.28. The summed E-state index contributed by atoms with van der Waals surface area (Å²) >= 11 is 0. The van der Waals surface area contributed by atoms with Gasteiger partial charge >= 0.3 is 11.2 Å². The van der Waals surface area contributed by atoms with E-state index in [0.29, 0.717) is 0 Å². The number of aromatic nitrogens is 2. The molecule has 0 saturated heterocycles. The predicted molar refractivity (Wildman–Crippen MR) is 62.4 cm³/mol. The number of nitrogens with zero attached hydrogens (tertiary/aromatic N) is 2. The molecule has 0 aliphatic heterocycles. The first-order valence-corrected chi connectivity index (χ1v) is 5.08. The maximum Gasteiger partial charge on any atom is 0.395 e. The van der Waals surface area contributed by atoms with Gasteiger partial charge in [0.2, 0.25) is 0 Å². The van der Waals surface area contributed by atoms with E-state index in [1.165, 1.54) is 0 Å². The molecule has 0 bridgehead atoms. The average molecular weight is 247 g/mol. The van der Waals surface area contributed by atoms with Crippen LogP contribution in [0.2, 0.25) is 0 Å². The second-order valence-corrected chi connectivity index (χ2v) is 3.60. The predicted octanol–water partition coefficient (Wildman–Crippen LogP) is 0.974. The Labute approximate surface area is 101 Å². The molecule has 2 aromatic rings. The second kappa shape index (κ2) is 4.66. The van der Waals surface area contributed by atoms with E-state index in [1.54, 1.807) is 0 Å². The van der Waals surface area contributed by atoms with Crippen molar-refractivity contribution < 1.29 is 10.0 Å². The Kier molecular flexibility index (Phi) is 3.05. The molecule has 2 rings (SSSR count). The standard InChI is InChI=1S/C11H9N3O4/c15-10-9(14(17)18)11(16)13-8(12-10)6-7-4-2-1-3-5-7/h1-5H,6H2,(H2,12,13,15,16). The van der Waals surface area contributed by atoms with Crippen molar-refractivity contribution >= 4 is 5.69 Å². The van der Waals surface area contributed by atoms with E-state index in [9.17, 15) is 20.0 Å². The zero-order valence-electron chi connectivity index (χ0n) is 9.16. The van der Waals surface area contributed by atoms with Gasteiger partial charge in [-0.25, -0.2) is 0 Å². The number of nitro groups is 1. The molecule has 1 aromatic carbocycles. The van der Waals surface area contributed by atoms with Gasteiger partial charge in [0, 0.05) is 6.42 Å². The molecule has 0 aliphatic rings. The number of benzene rings is 1. The fourth-order valence-electron chi connectivity index (χ4n) is 1.54. The fraction of sp³-hybridized carbons (Fsp3) is 0.0909. The second-order valence-electron chi connectivity index (χ2n) is 3.60. The lowest BCUT2D eigenvalue weighted by Gasteiger charge is -2.01. The highest BCUT2D eigenvalue weighted by Gasteiger charge is 2.21. The smallest absolute Gasteiger partial charge is 0.395 e. The van der Waals surface area contributed by atoms with Crippen LogP contribution >= 0.6 is 0 Å². The van der Waals surface area contributed by atoms with Crippen molar-refractivity contribution in [3.63, 3.8) is 0 Å². The van der Waals surface area contributed by atoms with E-state index in [2.05, 4.69) is 9.97 Å². The summed E-state index contributed by atoms with van der Waals surface area (Å²) in [4.78, 5) is 26.8. The fourth-order valence-corrected chi connectivity index (χ4v) is 1.54. The summed E-state index contributed by atoms with van der Waals surface area (Å²) in [5.41, 5.74) is -1.03. The van der Waals surface area contributed by atoms with Crippen LogP contribution in [0.25, 0.3) is 0 Å². The summed E-state index contributed by atoms with van der Waals surface area (Å²) in [7, 11) is 0. The van der Waals surface area contributed by atoms with Crippen molar-refractivity contribution in [2.24, 2.45) is 0 Å². The molecule has 2 N–H and O–H groups in total. The number of rotatable bonds is 3. The van der Waals surface area contributed by atoms with Crippen LogP contribution in [0.4, 0.5) is 5.69 Å². The largest absolute Gasteiger partial charge is 0.488 e.